The fraction of sp³-hybridized carbons (Fsp3) is 0.538. The number of halogens is 2. The third-order valence-corrected chi connectivity index (χ3v) is 4.64. The van der Waals surface area contributed by atoms with Crippen LogP contribution in [0.25, 0.3) is 0 Å². The van der Waals surface area contributed by atoms with E-state index >= 15 is 0 Å². The molecule has 1 aromatic carbocycles. The van der Waals surface area contributed by atoms with Gasteiger partial charge in [0, 0.05) is 8.95 Å². The second-order valence-corrected chi connectivity index (χ2v) is 6.32. The van der Waals surface area contributed by atoms with E-state index < -0.39 is 0 Å². The zero-order chi connectivity index (χ0) is 11.4. The highest BCUT2D eigenvalue weighted by molar-refractivity contribution is 14.1. The summed E-state index contributed by atoms with van der Waals surface area (Å²) in [4.78, 5) is 0. The summed E-state index contributed by atoms with van der Waals surface area (Å²) in [6, 6.07) is 7.92. The number of ether oxygens (including phenoxy) is 1. The van der Waals surface area contributed by atoms with E-state index in [9.17, 15) is 0 Å². The molecular formula is C13H16ClIO. The molecule has 1 fully saturated rings. The van der Waals surface area contributed by atoms with E-state index in [2.05, 4.69) is 28.7 Å². The molecule has 1 aromatic rings. The van der Waals surface area contributed by atoms with E-state index in [1.165, 1.54) is 31.2 Å². The minimum absolute atomic E-state index is 0.424. The first-order valence-electron chi connectivity index (χ1n) is 5.76. The van der Waals surface area contributed by atoms with E-state index in [0.29, 0.717) is 16.6 Å². The average Bonchev–Trinajstić information content (AvgIpc) is 2.28. The van der Waals surface area contributed by atoms with Crippen molar-refractivity contribution in [2.75, 3.05) is 0 Å². The summed E-state index contributed by atoms with van der Waals surface area (Å²) in [6.07, 6.45) is 5.58. The van der Waals surface area contributed by atoms with Gasteiger partial charge in [0.1, 0.15) is 0 Å². The zero-order valence-corrected chi connectivity index (χ0v) is 12.1. The Morgan fingerprint density at radius 3 is 2.88 bits per heavy atom. The lowest BCUT2D eigenvalue weighted by molar-refractivity contribution is 0.0246. The Morgan fingerprint density at radius 2 is 2.12 bits per heavy atom. The summed E-state index contributed by atoms with van der Waals surface area (Å²) in [6.45, 7) is 0.685. The predicted octanol–water partition coefficient (Wildman–Crippen LogP) is 4.60. The SMILES string of the molecule is Clc1cccc(COC2CCCCC2I)c1. The Morgan fingerprint density at radius 1 is 1.31 bits per heavy atom. The van der Waals surface area contributed by atoms with Gasteiger partial charge in [0.25, 0.3) is 0 Å². The van der Waals surface area contributed by atoms with Crippen molar-refractivity contribution in [2.24, 2.45) is 0 Å². The van der Waals surface area contributed by atoms with Crippen LogP contribution >= 0.6 is 34.2 Å². The summed E-state index contributed by atoms with van der Waals surface area (Å²) in [5.74, 6) is 0. The van der Waals surface area contributed by atoms with Gasteiger partial charge in [0.15, 0.2) is 0 Å². The normalized spacial score (nSPS) is 25.6. The van der Waals surface area contributed by atoms with Crippen molar-refractivity contribution in [3.8, 4) is 0 Å². The third-order valence-electron chi connectivity index (χ3n) is 2.98. The molecule has 88 valence electrons. The molecule has 1 aliphatic carbocycles. The van der Waals surface area contributed by atoms with Crippen molar-refractivity contribution in [1.82, 2.24) is 0 Å². The van der Waals surface area contributed by atoms with Gasteiger partial charge >= 0.3 is 0 Å². The summed E-state index contributed by atoms with van der Waals surface area (Å²) in [5.41, 5.74) is 1.17. The number of hydrogen-bond acceptors (Lipinski definition) is 1. The van der Waals surface area contributed by atoms with Gasteiger partial charge in [-0.3, -0.25) is 0 Å². The maximum atomic E-state index is 5.97. The van der Waals surface area contributed by atoms with Gasteiger partial charge in [-0.05, 0) is 30.5 Å². The molecule has 0 N–H and O–H groups in total. The zero-order valence-electron chi connectivity index (χ0n) is 9.16. The van der Waals surface area contributed by atoms with E-state index in [-0.39, 0.29) is 0 Å². The van der Waals surface area contributed by atoms with Crippen LogP contribution in [0.4, 0.5) is 0 Å². The Hall–Kier alpha value is 0.200. The van der Waals surface area contributed by atoms with Crippen LogP contribution in [0.1, 0.15) is 31.2 Å². The minimum Gasteiger partial charge on any atom is -0.372 e. The van der Waals surface area contributed by atoms with Crippen LogP contribution in [0.5, 0.6) is 0 Å². The first kappa shape index (κ1) is 12.7. The minimum atomic E-state index is 0.424. The first-order valence-corrected chi connectivity index (χ1v) is 7.38. The molecule has 1 saturated carbocycles. The van der Waals surface area contributed by atoms with E-state index in [4.69, 9.17) is 16.3 Å². The summed E-state index contributed by atoms with van der Waals surface area (Å²) in [5, 5.41) is 0.788. The molecule has 1 aliphatic rings. The van der Waals surface area contributed by atoms with Crippen molar-refractivity contribution in [1.29, 1.82) is 0 Å². The topological polar surface area (TPSA) is 9.23 Å². The lowest BCUT2D eigenvalue weighted by Gasteiger charge is -2.27. The van der Waals surface area contributed by atoms with Gasteiger partial charge in [0.05, 0.1) is 12.7 Å². The van der Waals surface area contributed by atoms with Crippen LogP contribution in [0.3, 0.4) is 0 Å². The molecule has 0 heterocycles. The second-order valence-electron chi connectivity index (χ2n) is 4.28. The van der Waals surface area contributed by atoms with Crippen LogP contribution in [0.2, 0.25) is 5.02 Å². The van der Waals surface area contributed by atoms with Crippen LogP contribution in [0.15, 0.2) is 24.3 Å². The van der Waals surface area contributed by atoms with Gasteiger partial charge in [0.2, 0.25) is 0 Å². The highest BCUT2D eigenvalue weighted by Gasteiger charge is 2.22. The number of rotatable bonds is 3. The van der Waals surface area contributed by atoms with Crippen LogP contribution in [0, 0.1) is 0 Å². The summed E-state index contributed by atoms with van der Waals surface area (Å²) in [7, 11) is 0. The maximum Gasteiger partial charge on any atom is 0.0721 e. The van der Waals surface area contributed by atoms with E-state index in [1.54, 1.807) is 0 Å². The molecule has 0 radical (unpaired) electrons. The van der Waals surface area contributed by atoms with Gasteiger partial charge in [-0.1, -0.05) is 59.2 Å². The monoisotopic (exact) mass is 350 g/mol. The van der Waals surface area contributed by atoms with E-state index in [1.807, 2.05) is 18.2 Å². The van der Waals surface area contributed by atoms with Crippen molar-refractivity contribution in [3.05, 3.63) is 34.9 Å². The standard InChI is InChI=1S/C13H16ClIO/c14-11-5-3-4-10(8-11)9-16-13-7-2-1-6-12(13)15/h3-5,8,12-13H,1-2,6-7,9H2. The molecule has 2 unspecified atom stereocenters. The molecule has 0 amide bonds. The van der Waals surface area contributed by atoms with Crippen molar-refractivity contribution in [2.45, 2.75) is 42.3 Å². The Kier molecular flexibility index (Phi) is 4.92. The lowest BCUT2D eigenvalue weighted by Crippen LogP contribution is -2.27. The largest absolute Gasteiger partial charge is 0.372 e. The molecule has 0 bridgehead atoms. The first-order chi connectivity index (χ1) is 7.75. The van der Waals surface area contributed by atoms with Gasteiger partial charge in [-0.2, -0.15) is 0 Å². The summed E-state index contributed by atoms with van der Waals surface area (Å²) >= 11 is 8.46. The van der Waals surface area contributed by atoms with Gasteiger partial charge in [-0.25, -0.2) is 0 Å². The van der Waals surface area contributed by atoms with Crippen LogP contribution in [-0.4, -0.2) is 10.0 Å². The third kappa shape index (κ3) is 3.60. The molecule has 1 nitrogen and oxygen atoms in total. The molecule has 0 aromatic heterocycles. The fourth-order valence-corrected chi connectivity index (χ4v) is 3.29. The van der Waals surface area contributed by atoms with Crippen LogP contribution < -0.4 is 0 Å². The quantitative estimate of drug-likeness (QED) is 0.572. The Balaban J connectivity index is 1.86. The highest BCUT2D eigenvalue weighted by atomic mass is 127. The maximum absolute atomic E-state index is 5.97. The Bertz CT molecular complexity index is 342. The van der Waals surface area contributed by atoms with Crippen LogP contribution in [-0.2, 0) is 11.3 Å². The molecule has 2 atom stereocenters. The highest BCUT2D eigenvalue weighted by Crippen LogP contribution is 2.28. The molecule has 3 heteroatoms. The number of benzene rings is 1. The molecule has 0 aliphatic heterocycles. The lowest BCUT2D eigenvalue weighted by atomic mass is 9.98. The van der Waals surface area contributed by atoms with Crippen molar-refractivity contribution < 1.29 is 4.74 Å². The van der Waals surface area contributed by atoms with Crippen molar-refractivity contribution in [3.63, 3.8) is 0 Å². The summed E-state index contributed by atoms with van der Waals surface area (Å²) < 4.78 is 6.64. The number of hydrogen-bond donors (Lipinski definition) is 0. The molecule has 0 spiro atoms. The smallest absolute Gasteiger partial charge is 0.0721 e. The number of alkyl halides is 1. The van der Waals surface area contributed by atoms with Gasteiger partial charge < -0.3 is 4.74 Å². The van der Waals surface area contributed by atoms with Gasteiger partial charge in [-0.15, -0.1) is 0 Å². The molecule has 0 saturated heterocycles. The molecule has 16 heavy (non-hydrogen) atoms. The second kappa shape index (κ2) is 6.22. The Labute approximate surface area is 116 Å². The average molecular weight is 351 g/mol. The fourth-order valence-electron chi connectivity index (χ4n) is 2.07. The van der Waals surface area contributed by atoms with Crippen molar-refractivity contribution >= 4 is 34.2 Å². The predicted molar refractivity (Wildman–Crippen MR) is 76.3 cm³/mol. The van der Waals surface area contributed by atoms with E-state index in [0.717, 1.165) is 5.02 Å². The molecular weight excluding hydrogens is 334 g/mol. The molecule has 2 rings (SSSR count).